The Hall–Kier alpha value is -1.07. The van der Waals surface area contributed by atoms with Crippen molar-refractivity contribution in [3.8, 4) is 0 Å². The molecule has 1 aromatic carbocycles. The lowest BCUT2D eigenvalue weighted by atomic mass is 9.97. The maximum Gasteiger partial charge on any atom is 0.126 e. The summed E-state index contributed by atoms with van der Waals surface area (Å²) in [6, 6.07) is 6.23. The quantitative estimate of drug-likeness (QED) is 0.588. The maximum absolute atomic E-state index is 9.21. The van der Waals surface area contributed by atoms with Crippen LogP contribution in [0.4, 0.5) is 5.69 Å². The van der Waals surface area contributed by atoms with Gasteiger partial charge in [-0.1, -0.05) is 6.07 Å². The molecule has 1 saturated heterocycles. The second-order valence-corrected chi connectivity index (χ2v) is 5.76. The number of nitrogens with one attached hydrogen (secondary N) is 1. The zero-order chi connectivity index (χ0) is 13.8. The topological polar surface area (TPSA) is 73.3 Å². The van der Waals surface area contributed by atoms with Crippen molar-refractivity contribution in [2.24, 2.45) is 5.73 Å². The van der Waals surface area contributed by atoms with Crippen LogP contribution in [0.25, 0.3) is 0 Å². The van der Waals surface area contributed by atoms with E-state index >= 15 is 0 Å². The SMILES string of the molecule is N=C(N)c1c(Br)cccc1N1CCCCC1CCO. The highest BCUT2D eigenvalue weighted by Gasteiger charge is 2.25. The summed E-state index contributed by atoms with van der Waals surface area (Å²) >= 11 is 3.48. The Balaban J connectivity index is 2.38. The van der Waals surface area contributed by atoms with Crippen LogP contribution in [-0.4, -0.2) is 30.1 Å². The number of hydrogen-bond donors (Lipinski definition) is 3. The number of rotatable bonds is 4. The van der Waals surface area contributed by atoms with Crippen molar-refractivity contribution in [2.75, 3.05) is 18.1 Å². The zero-order valence-corrected chi connectivity index (χ0v) is 12.5. The predicted molar refractivity (Wildman–Crippen MR) is 81.8 cm³/mol. The molecule has 2 rings (SSSR count). The monoisotopic (exact) mass is 325 g/mol. The van der Waals surface area contributed by atoms with Crippen molar-refractivity contribution in [1.29, 1.82) is 5.41 Å². The van der Waals surface area contributed by atoms with E-state index in [9.17, 15) is 5.11 Å². The van der Waals surface area contributed by atoms with Gasteiger partial charge in [0.25, 0.3) is 0 Å². The van der Waals surface area contributed by atoms with Crippen LogP contribution in [0.1, 0.15) is 31.2 Å². The summed E-state index contributed by atoms with van der Waals surface area (Å²) in [5.74, 6) is 0.0794. The molecule has 5 heteroatoms. The number of hydrogen-bond acceptors (Lipinski definition) is 3. The predicted octanol–water partition coefficient (Wildman–Crippen LogP) is 2.47. The average Bonchev–Trinajstić information content (AvgIpc) is 2.39. The van der Waals surface area contributed by atoms with E-state index in [1.54, 1.807) is 0 Å². The Morgan fingerprint density at radius 2 is 2.26 bits per heavy atom. The van der Waals surface area contributed by atoms with Gasteiger partial charge in [-0.15, -0.1) is 0 Å². The molecule has 0 aromatic heterocycles. The molecule has 0 aliphatic carbocycles. The highest BCUT2D eigenvalue weighted by atomic mass is 79.9. The van der Waals surface area contributed by atoms with Crippen LogP contribution in [0.15, 0.2) is 22.7 Å². The number of amidine groups is 1. The van der Waals surface area contributed by atoms with Crippen molar-refractivity contribution in [3.63, 3.8) is 0 Å². The largest absolute Gasteiger partial charge is 0.396 e. The van der Waals surface area contributed by atoms with E-state index in [1.807, 2.05) is 18.2 Å². The normalized spacial score (nSPS) is 19.5. The minimum Gasteiger partial charge on any atom is -0.396 e. The third kappa shape index (κ3) is 3.09. The van der Waals surface area contributed by atoms with Gasteiger partial charge in [-0.3, -0.25) is 5.41 Å². The molecule has 1 fully saturated rings. The Morgan fingerprint density at radius 1 is 1.47 bits per heavy atom. The minimum atomic E-state index is 0.0794. The van der Waals surface area contributed by atoms with Crippen molar-refractivity contribution < 1.29 is 5.11 Å². The van der Waals surface area contributed by atoms with E-state index in [-0.39, 0.29) is 12.4 Å². The van der Waals surface area contributed by atoms with E-state index in [2.05, 4.69) is 20.8 Å². The van der Waals surface area contributed by atoms with Gasteiger partial charge in [-0.2, -0.15) is 0 Å². The Morgan fingerprint density at radius 3 is 2.95 bits per heavy atom. The zero-order valence-electron chi connectivity index (χ0n) is 10.9. The maximum atomic E-state index is 9.21. The van der Waals surface area contributed by atoms with E-state index in [1.165, 1.54) is 6.42 Å². The van der Waals surface area contributed by atoms with Gasteiger partial charge in [-0.25, -0.2) is 0 Å². The molecule has 1 unspecified atom stereocenters. The lowest BCUT2D eigenvalue weighted by molar-refractivity contribution is 0.262. The van der Waals surface area contributed by atoms with Crippen LogP contribution < -0.4 is 10.6 Å². The summed E-state index contributed by atoms with van der Waals surface area (Å²) in [7, 11) is 0. The average molecular weight is 326 g/mol. The Kier molecular flexibility index (Phi) is 4.82. The molecule has 19 heavy (non-hydrogen) atoms. The van der Waals surface area contributed by atoms with Crippen molar-refractivity contribution in [3.05, 3.63) is 28.2 Å². The molecule has 0 radical (unpaired) electrons. The van der Waals surface area contributed by atoms with Crippen molar-refractivity contribution in [2.45, 2.75) is 31.7 Å². The lowest BCUT2D eigenvalue weighted by Crippen LogP contribution is -2.41. The number of nitrogen functional groups attached to an aromatic ring is 1. The van der Waals surface area contributed by atoms with E-state index in [0.29, 0.717) is 6.04 Å². The number of anilines is 1. The van der Waals surface area contributed by atoms with Crippen LogP contribution in [0, 0.1) is 5.41 Å². The molecule has 1 heterocycles. The molecule has 1 aromatic rings. The van der Waals surface area contributed by atoms with E-state index in [4.69, 9.17) is 11.1 Å². The van der Waals surface area contributed by atoms with E-state index < -0.39 is 0 Å². The number of nitrogens with two attached hydrogens (primary N) is 1. The Labute approximate surface area is 122 Å². The Bertz CT molecular complexity index is 462. The number of halogens is 1. The molecular formula is C14H20BrN3O. The third-order valence-corrected chi connectivity index (χ3v) is 4.32. The molecule has 4 nitrogen and oxygen atoms in total. The first-order chi connectivity index (χ1) is 9.15. The number of aliphatic hydroxyl groups is 1. The smallest absolute Gasteiger partial charge is 0.126 e. The molecule has 0 spiro atoms. The molecule has 1 aliphatic heterocycles. The van der Waals surface area contributed by atoms with E-state index in [0.717, 1.165) is 41.5 Å². The lowest BCUT2D eigenvalue weighted by Gasteiger charge is -2.38. The van der Waals surface area contributed by atoms with Crippen LogP contribution in [0.2, 0.25) is 0 Å². The molecule has 1 aliphatic rings. The van der Waals surface area contributed by atoms with Crippen LogP contribution in [-0.2, 0) is 0 Å². The third-order valence-electron chi connectivity index (χ3n) is 3.66. The first-order valence-corrected chi connectivity index (χ1v) is 7.45. The molecule has 1 atom stereocenters. The van der Waals surface area contributed by atoms with Gasteiger partial charge in [0.05, 0.1) is 5.56 Å². The fraction of sp³-hybridized carbons (Fsp3) is 0.500. The van der Waals surface area contributed by atoms with Crippen LogP contribution in [0.3, 0.4) is 0 Å². The second-order valence-electron chi connectivity index (χ2n) is 4.90. The highest BCUT2D eigenvalue weighted by Crippen LogP contribution is 2.32. The summed E-state index contributed by atoms with van der Waals surface area (Å²) in [5, 5.41) is 17.0. The molecular weight excluding hydrogens is 306 g/mol. The molecule has 104 valence electrons. The van der Waals surface area contributed by atoms with Crippen LogP contribution in [0.5, 0.6) is 0 Å². The highest BCUT2D eigenvalue weighted by molar-refractivity contribution is 9.10. The fourth-order valence-corrected chi connectivity index (χ4v) is 3.35. The summed E-state index contributed by atoms with van der Waals surface area (Å²) < 4.78 is 0.853. The van der Waals surface area contributed by atoms with Gasteiger partial charge in [0, 0.05) is 29.4 Å². The second kappa shape index (κ2) is 6.39. The minimum absolute atomic E-state index is 0.0794. The number of piperidine rings is 1. The summed E-state index contributed by atoms with van der Waals surface area (Å²) in [5.41, 5.74) is 7.48. The van der Waals surface area contributed by atoms with Gasteiger partial charge < -0.3 is 15.7 Å². The van der Waals surface area contributed by atoms with Gasteiger partial charge in [0.15, 0.2) is 0 Å². The number of benzene rings is 1. The van der Waals surface area contributed by atoms with Gasteiger partial charge >= 0.3 is 0 Å². The van der Waals surface area contributed by atoms with Gasteiger partial charge in [0.1, 0.15) is 5.84 Å². The van der Waals surface area contributed by atoms with Gasteiger partial charge in [0.2, 0.25) is 0 Å². The molecule has 0 saturated carbocycles. The fourth-order valence-electron chi connectivity index (χ4n) is 2.79. The summed E-state index contributed by atoms with van der Waals surface area (Å²) in [4.78, 5) is 2.29. The van der Waals surface area contributed by atoms with Gasteiger partial charge in [-0.05, 0) is 53.7 Å². The van der Waals surface area contributed by atoms with Crippen molar-refractivity contribution >= 4 is 27.5 Å². The summed E-state index contributed by atoms with van der Waals surface area (Å²) in [6.45, 7) is 1.16. The van der Waals surface area contributed by atoms with Crippen LogP contribution >= 0.6 is 15.9 Å². The number of aliphatic hydroxyl groups excluding tert-OH is 1. The molecule has 0 amide bonds. The first-order valence-electron chi connectivity index (χ1n) is 6.65. The standard InChI is InChI=1S/C14H20BrN3O/c15-11-5-3-6-12(13(11)14(16)17)18-8-2-1-4-10(18)7-9-19/h3,5-6,10,19H,1-2,4,7-9H2,(H3,16,17). The first kappa shape index (κ1) is 14.3. The van der Waals surface area contributed by atoms with Crippen molar-refractivity contribution in [1.82, 2.24) is 0 Å². The molecule has 0 bridgehead atoms. The molecule has 4 N–H and O–H groups in total. The number of nitrogens with zero attached hydrogens (tertiary/aromatic N) is 1. The summed E-state index contributed by atoms with van der Waals surface area (Å²) in [6.07, 6.45) is 4.20.